The largest absolute Gasteiger partial charge is 0.497 e. The fraction of sp³-hybridized carbons (Fsp3) is 0.421. The summed E-state index contributed by atoms with van der Waals surface area (Å²) in [7, 11) is -1.62. The highest BCUT2D eigenvalue weighted by molar-refractivity contribution is 7.90. The molecule has 1 aliphatic heterocycles. The van der Waals surface area contributed by atoms with Gasteiger partial charge in [-0.3, -0.25) is 4.90 Å². The highest BCUT2D eigenvalue weighted by Gasteiger charge is 2.26. The van der Waals surface area contributed by atoms with Gasteiger partial charge in [0.1, 0.15) is 16.5 Å². The first-order chi connectivity index (χ1) is 12.4. The molecular weight excluding hydrogens is 350 g/mol. The highest BCUT2D eigenvalue weighted by Crippen LogP contribution is 2.27. The average Bonchev–Trinajstić information content (AvgIpc) is 2.67. The Bertz CT molecular complexity index is 862. The van der Waals surface area contributed by atoms with E-state index in [9.17, 15) is 8.42 Å². The third-order valence-electron chi connectivity index (χ3n) is 4.89. The van der Waals surface area contributed by atoms with Gasteiger partial charge in [0.05, 0.1) is 7.11 Å². The van der Waals surface area contributed by atoms with Crippen LogP contribution in [0.1, 0.15) is 18.5 Å². The van der Waals surface area contributed by atoms with Crippen molar-refractivity contribution in [2.75, 3.05) is 44.4 Å². The van der Waals surface area contributed by atoms with E-state index in [-0.39, 0.29) is 6.04 Å². The first-order valence-corrected chi connectivity index (χ1v) is 10.6. The van der Waals surface area contributed by atoms with Crippen molar-refractivity contribution >= 4 is 15.7 Å². The number of anilines is 1. The van der Waals surface area contributed by atoms with Crippen molar-refractivity contribution in [3.05, 3.63) is 48.2 Å². The Morgan fingerprint density at radius 2 is 1.85 bits per heavy atom. The first-order valence-electron chi connectivity index (χ1n) is 8.68. The van der Waals surface area contributed by atoms with Crippen LogP contribution in [0.3, 0.4) is 0 Å². The van der Waals surface area contributed by atoms with Crippen LogP contribution in [0.4, 0.5) is 5.82 Å². The van der Waals surface area contributed by atoms with Crippen LogP contribution in [-0.4, -0.2) is 57.8 Å². The van der Waals surface area contributed by atoms with Crippen molar-refractivity contribution in [1.29, 1.82) is 0 Å². The van der Waals surface area contributed by atoms with Gasteiger partial charge in [0.15, 0.2) is 9.84 Å². The Balaban J connectivity index is 1.72. The topological polar surface area (TPSA) is 62.7 Å². The molecule has 0 N–H and O–H groups in total. The number of benzene rings is 1. The predicted octanol–water partition coefficient (Wildman–Crippen LogP) is 2.38. The Labute approximate surface area is 155 Å². The molecule has 1 aliphatic rings. The van der Waals surface area contributed by atoms with Gasteiger partial charge in [0, 0.05) is 44.7 Å². The molecule has 1 atom stereocenters. The zero-order valence-electron chi connectivity index (χ0n) is 15.4. The molecule has 1 unspecified atom stereocenters. The second-order valence-electron chi connectivity index (χ2n) is 6.57. The Morgan fingerprint density at radius 3 is 2.50 bits per heavy atom. The maximum absolute atomic E-state index is 12.0. The Morgan fingerprint density at radius 1 is 1.12 bits per heavy atom. The zero-order chi connectivity index (χ0) is 18.7. The molecule has 1 aromatic carbocycles. The molecular formula is C19H25N3O3S. The molecule has 26 heavy (non-hydrogen) atoms. The number of pyridine rings is 1. The molecule has 6 nitrogen and oxygen atoms in total. The monoisotopic (exact) mass is 375 g/mol. The second-order valence-corrected chi connectivity index (χ2v) is 8.56. The molecule has 0 bridgehead atoms. The van der Waals surface area contributed by atoms with E-state index in [2.05, 4.69) is 33.8 Å². The summed E-state index contributed by atoms with van der Waals surface area (Å²) in [6.45, 7) is 5.37. The minimum absolute atomic E-state index is 0.269. The van der Waals surface area contributed by atoms with E-state index in [4.69, 9.17) is 4.74 Å². The van der Waals surface area contributed by atoms with E-state index >= 15 is 0 Å². The summed E-state index contributed by atoms with van der Waals surface area (Å²) in [6.07, 6.45) is 2.88. The van der Waals surface area contributed by atoms with Crippen LogP contribution in [0.25, 0.3) is 0 Å². The summed E-state index contributed by atoms with van der Waals surface area (Å²) in [5, 5.41) is 0. The van der Waals surface area contributed by atoms with Gasteiger partial charge in [-0.1, -0.05) is 12.1 Å². The molecule has 0 aliphatic carbocycles. The maximum Gasteiger partial charge on any atom is 0.179 e. The zero-order valence-corrected chi connectivity index (χ0v) is 16.2. The number of aromatic nitrogens is 1. The summed E-state index contributed by atoms with van der Waals surface area (Å²) in [5.74, 6) is 1.42. The molecule has 140 valence electrons. The van der Waals surface area contributed by atoms with Gasteiger partial charge in [0.2, 0.25) is 0 Å². The lowest BCUT2D eigenvalue weighted by molar-refractivity contribution is 0.197. The fourth-order valence-electron chi connectivity index (χ4n) is 3.34. The number of nitrogens with zero attached hydrogens (tertiary/aromatic N) is 3. The van der Waals surface area contributed by atoms with Gasteiger partial charge >= 0.3 is 0 Å². The van der Waals surface area contributed by atoms with E-state index in [1.807, 2.05) is 12.1 Å². The minimum Gasteiger partial charge on any atom is -0.497 e. The SMILES string of the molecule is COc1cccc(C(C)N2CCN(c3ncccc3S(C)(=O)=O)CC2)c1. The molecule has 2 aromatic rings. The van der Waals surface area contributed by atoms with Crippen LogP contribution < -0.4 is 9.64 Å². The number of hydrogen-bond donors (Lipinski definition) is 0. The lowest BCUT2D eigenvalue weighted by Crippen LogP contribution is -2.47. The number of ether oxygens (including phenoxy) is 1. The van der Waals surface area contributed by atoms with Crippen LogP contribution >= 0.6 is 0 Å². The van der Waals surface area contributed by atoms with Crippen LogP contribution in [-0.2, 0) is 9.84 Å². The van der Waals surface area contributed by atoms with Crippen LogP contribution in [0, 0.1) is 0 Å². The van der Waals surface area contributed by atoms with Gasteiger partial charge in [-0.25, -0.2) is 13.4 Å². The third kappa shape index (κ3) is 3.99. The van der Waals surface area contributed by atoms with Crippen molar-refractivity contribution in [3.8, 4) is 5.75 Å². The smallest absolute Gasteiger partial charge is 0.179 e. The maximum atomic E-state index is 12.0. The molecule has 1 saturated heterocycles. The van der Waals surface area contributed by atoms with Gasteiger partial charge in [-0.05, 0) is 36.8 Å². The number of hydrogen-bond acceptors (Lipinski definition) is 6. The molecule has 0 amide bonds. The van der Waals surface area contributed by atoms with Gasteiger partial charge < -0.3 is 9.64 Å². The van der Waals surface area contributed by atoms with Gasteiger partial charge in [0.25, 0.3) is 0 Å². The van der Waals surface area contributed by atoms with E-state index in [1.165, 1.54) is 11.8 Å². The molecule has 3 rings (SSSR count). The van der Waals surface area contributed by atoms with Crippen molar-refractivity contribution in [3.63, 3.8) is 0 Å². The quantitative estimate of drug-likeness (QED) is 0.800. The van der Waals surface area contributed by atoms with E-state index < -0.39 is 9.84 Å². The molecule has 7 heteroatoms. The third-order valence-corrected chi connectivity index (χ3v) is 6.01. The van der Waals surface area contributed by atoms with Crippen LogP contribution in [0.5, 0.6) is 5.75 Å². The molecule has 2 heterocycles. The van der Waals surface area contributed by atoms with Gasteiger partial charge in [-0.2, -0.15) is 0 Å². The Kier molecular flexibility index (Phi) is 5.48. The molecule has 1 fully saturated rings. The summed E-state index contributed by atoms with van der Waals surface area (Å²) in [5.41, 5.74) is 1.22. The summed E-state index contributed by atoms with van der Waals surface area (Å²) >= 11 is 0. The van der Waals surface area contributed by atoms with Crippen molar-refractivity contribution < 1.29 is 13.2 Å². The van der Waals surface area contributed by atoms with Gasteiger partial charge in [-0.15, -0.1) is 0 Å². The van der Waals surface area contributed by atoms with E-state index in [0.29, 0.717) is 10.7 Å². The summed E-state index contributed by atoms with van der Waals surface area (Å²) in [4.78, 5) is 9.09. The minimum atomic E-state index is -3.30. The molecule has 0 radical (unpaired) electrons. The van der Waals surface area contributed by atoms with Crippen LogP contribution in [0.2, 0.25) is 0 Å². The highest BCUT2D eigenvalue weighted by atomic mass is 32.2. The lowest BCUT2D eigenvalue weighted by atomic mass is 10.1. The number of piperazine rings is 1. The lowest BCUT2D eigenvalue weighted by Gasteiger charge is -2.39. The van der Waals surface area contributed by atoms with E-state index in [0.717, 1.165) is 31.9 Å². The predicted molar refractivity (Wildman–Crippen MR) is 103 cm³/mol. The van der Waals surface area contributed by atoms with Crippen molar-refractivity contribution in [1.82, 2.24) is 9.88 Å². The summed E-state index contributed by atoms with van der Waals surface area (Å²) in [6, 6.07) is 11.7. The molecule has 0 saturated carbocycles. The summed E-state index contributed by atoms with van der Waals surface area (Å²) < 4.78 is 29.4. The first kappa shape index (κ1) is 18.7. The number of methoxy groups -OCH3 is 1. The second kappa shape index (κ2) is 7.63. The standard InChI is InChI=1S/C19H25N3O3S/c1-15(16-6-4-7-17(14-16)25-2)21-10-12-22(13-11-21)19-18(26(3,23)24)8-5-9-20-19/h4-9,14-15H,10-13H2,1-3H3. The average molecular weight is 375 g/mol. The molecule has 0 spiro atoms. The Hall–Kier alpha value is -2.12. The fourth-order valence-corrected chi connectivity index (χ4v) is 4.18. The number of rotatable bonds is 5. The van der Waals surface area contributed by atoms with Crippen molar-refractivity contribution in [2.45, 2.75) is 17.9 Å². The molecule has 1 aromatic heterocycles. The normalized spacial score (nSPS) is 17.1. The van der Waals surface area contributed by atoms with Crippen molar-refractivity contribution in [2.24, 2.45) is 0 Å². The number of sulfone groups is 1. The van der Waals surface area contributed by atoms with E-state index in [1.54, 1.807) is 25.4 Å². The van der Waals surface area contributed by atoms with Crippen LogP contribution in [0.15, 0.2) is 47.5 Å².